The highest BCUT2D eigenvalue weighted by Gasteiger charge is 2.18. The maximum absolute atomic E-state index is 12.8. The Morgan fingerprint density at radius 1 is 1.14 bits per heavy atom. The Bertz CT molecular complexity index is 1080. The third-order valence-corrected chi connectivity index (χ3v) is 6.23. The second-order valence-electron chi connectivity index (χ2n) is 7.23. The molecule has 1 aromatic carbocycles. The van der Waals surface area contributed by atoms with Gasteiger partial charge in [-0.15, -0.1) is 11.3 Å². The van der Waals surface area contributed by atoms with Crippen LogP contribution >= 0.6 is 11.3 Å². The Hall–Kier alpha value is -3.00. The molecule has 2 aromatic heterocycles. The second-order valence-corrected chi connectivity index (χ2v) is 8.28. The van der Waals surface area contributed by atoms with E-state index in [9.17, 15) is 14.4 Å². The van der Waals surface area contributed by atoms with Gasteiger partial charge in [0.2, 0.25) is 5.91 Å². The molecule has 3 aromatic rings. The van der Waals surface area contributed by atoms with Crippen LogP contribution in [0.2, 0.25) is 0 Å². The van der Waals surface area contributed by atoms with Crippen molar-refractivity contribution < 1.29 is 9.59 Å². The maximum Gasteiger partial charge on any atom is 0.321 e. The quantitative estimate of drug-likeness (QED) is 0.690. The summed E-state index contributed by atoms with van der Waals surface area (Å²) in [4.78, 5) is 42.3. The highest BCUT2D eigenvalue weighted by atomic mass is 32.1. The lowest BCUT2D eigenvalue weighted by atomic mass is 9.96. The summed E-state index contributed by atoms with van der Waals surface area (Å²) in [6.07, 6.45) is 6.59. The number of thiophene rings is 1. The van der Waals surface area contributed by atoms with Gasteiger partial charge in [-0.2, -0.15) is 0 Å². The molecule has 4 rings (SSSR count). The number of fused-ring (bicyclic) bond motifs is 1. The summed E-state index contributed by atoms with van der Waals surface area (Å²) >= 11 is 1.35. The van der Waals surface area contributed by atoms with Crippen LogP contribution in [0.15, 0.2) is 47.5 Å². The summed E-state index contributed by atoms with van der Waals surface area (Å²) in [5.41, 5.74) is 1.33. The van der Waals surface area contributed by atoms with Crippen molar-refractivity contribution in [3.05, 3.63) is 53.1 Å². The molecule has 150 valence electrons. The van der Waals surface area contributed by atoms with E-state index < -0.39 is 11.9 Å². The van der Waals surface area contributed by atoms with Gasteiger partial charge in [0.15, 0.2) is 0 Å². The van der Waals surface area contributed by atoms with Crippen LogP contribution in [0, 0.1) is 0 Å². The van der Waals surface area contributed by atoms with Crippen LogP contribution in [-0.2, 0) is 11.3 Å². The number of carbonyl (C=O) groups excluding carboxylic acids is 2. The van der Waals surface area contributed by atoms with Crippen molar-refractivity contribution in [2.75, 3.05) is 0 Å². The summed E-state index contributed by atoms with van der Waals surface area (Å²) in [6, 6.07) is 11.2. The lowest BCUT2D eigenvalue weighted by Gasteiger charge is -2.22. The number of urea groups is 1. The zero-order chi connectivity index (χ0) is 20.2. The highest BCUT2D eigenvalue weighted by molar-refractivity contribution is 7.22. The van der Waals surface area contributed by atoms with Crippen LogP contribution in [0.1, 0.15) is 32.1 Å². The molecule has 8 heteroatoms. The van der Waals surface area contributed by atoms with E-state index in [0.29, 0.717) is 10.2 Å². The molecule has 1 fully saturated rings. The lowest BCUT2D eigenvalue weighted by molar-refractivity contribution is -0.120. The van der Waals surface area contributed by atoms with E-state index in [1.54, 1.807) is 0 Å². The molecule has 1 aliphatic carbocycles. The molecule has 7 nitrogen and oxygen atoms in total. The standard InChI is InChI=1S/C21H22N4O3S/c26-18(24-21(28)23-15-9-5-2-6-10-15)12-25-13-22-16-11-17(29-19(16)20(25)27)14-7-3-1-4-8-14/h1,3-4,7-8,11,13,15H,2,5-6,9-10,12H2,(H2,23,24,26,28). The maximum atomic E-state index is 12.8. The fourth-order valence-electron chi connectivity index (χ4n) is 3.59. The number of hydrogen-bond donors (Lipinski definition) is 2. The molecule has 0 unspecified atom stereocenters. The van der Waals surface area contributed by atoms with Crippen molar-refractivity contribution in [2.24, 2.45) is 0 Å². The Morgan fingerprint density at radius 2 is 1.90 bits per heavy atom. The average Bonchev–Trinajstić information content (AvgIpc) is 3.17. The third kappa shape index (κ3) is 4.54. The number of benzene rings is 1. The Labute approximate surface area is 171 Å². The first-order valence-corrected chi connectivity index (χ1v) is 10.6. The van der Waals surface area contributed by atoms with Gasteiger partial charge in [-0.25, -0.2) is 9.78 Å². The van der Waals surface area contributed by atoms with Crippen LogP contribution < -0.4 is 16.2 Å². The van der Waals surface area contributed by atoms with E-state index in [0.717, 1.165) is 36.1 Å². The van der Waals surface area contributed by atoms with Crippen LogP contribution in [0.5, 0.6) is 0 Å². The van der Waals surface area contributed by atoms with Crippen molar-refractivity contribution >= 4 is 33.5 Å². The Kier molecular flexibility index (Phi) is 5.71. The normalized spacial score (nSPS) is 14.6. The Balaban J connectivity index is 1.45. The fraction of sp³-hybridized carbons (Fsp3) is 0.333. The van der Waals surface area contributed by atoms with E-state index in [2.05, 4.69) is 15.6 Å². The summed E-state index contributed by atoms with van der Waals surface area (Å²) in [5.74, 6) is -0.540. The number of imide groups is 1. The van der Waals surface area contributed by atoms with Gasteiger partial charge in [0, 0.05) is 10.9 Å². The van der Waals surface area contributed by atoms with Gasteiger partial charge in [-0.05, 0) is 24.5 Å². The molecule has 0 spiro atoms. The molecule has 0 aliphatic heterocycles. The molecule has 0 radical (unpaired) electrons. The number of amides is 3. The van der Waals surface area contributed by atoms with E-state index >= 15 is 0 Å². The highest BCUT2D eigenvalue weighted by Crippen LogP contribution is 2.30. The largest absolute Gasteiger partial charge is 0.335 e. The summed E-state index contributed by atoms with van der Waals surface area (Å²) in [7, 11) is 0. The van der Waals surface area contributed by atoms with Crippen LogP contribution in [0.25, 0.3) is 20.7 Å². The molecule has 0 saturated heterocycles. The van der Waals surface area contributed by atoms with Crippen molar-refractivity contribution in [2.45, 2.75) is 44.7 Å². The third-order valence-electron chi connectivity index (χ3n) is 5.07. The minimum Gasteiger partial charge on any atom is -0.335 e. The van der Waals surface area contributed by atoms with E-state index in [1.807, 2.05) is 36.4 Å². The van der Waals surface area contributed by atoms with Gasteiger partial charge in [0.05, 0.1) is 11.8 Å². The van der Waals surface area contributed by atoms with Crippen molar-refractivity contribution in [1.82, 2.24) is 20.2 Å². The molecule has 29 heavy (non-hydrogen) atoms. The summed E-state index contributed by atoms with van der Waals surface area (Å²) < 4.78 is 1.72. The monoisotopic (exact) mass is 410 g/mol. The molecule has 1 saturated carbocycles. The van der Waals surface area contributed by atoms with Gasteiger partial charge in [-0.3, -0.25) is 19.5 Å². The zero-order valence-corrected chi connectivity index (χ0v) is 16.7. The molecule has 1 aliphatic rings. The number of hydrogen-bond acceptors (Lipinski definition) is 5. The topological polar surface area (TPSA) is 93.1 Å². The first-order valence-electron chi connectivity index (χ1n) is 9.75. The van der Waals surface area contributed by atoms with Crippen LogP contribution in [0.3, 0.4) is 0 Å². The second kappa shape index (κ2) is 8.57. The van der Waals surface area contributed by atoms with Crippen molar-refractivity contribution in [1.29, 1.82) is 0 Å². The first-order chi connectivity index (χ1) is 14.1. The van der Waals surface area contributed by atoms with Crippen LogP contribution in [0.4, 0.5) is 4.79 Å². The number of nitrogens with zero attached hydrogens (tertiary/aromatic N) is 2. The molecule has 2 heterocycles. The smallest absolute Gasteiger partial charge is 0.321 e. The predicted molar refractivity (Wildman–Crippen MR) is 113 cm³/mol. The summed E-state index contributed by atoms with van der Waals surface area (Å²) in [5, 5.41) is 5.14. The minimum absolute atomic E-state index is 0.111. The van der Waals surface area contributed by atoms with Crippen molar-refractivity contribution in [3.63, 3.8) is 0 Å². The minimum atomic E-state index is -0.540. The molecular weight excluding hydrogens is 388 g/mol. The van der Waals surface area contributed by atoms with Crippen molar-refractivity contribution in [3.8, 4) is 10.4 Å². The summed E-state index contributed by atoms with van der Waals surface area (Å²) in [6.45, 7) is -0.252. The SMILES string of the molecule is O=C(Cn1cnc2cc(-c3ccccc3)sc2c1=O)NC(=O)NC1CCCCC1. The average molecular weight is 410 g/mol. The molecular formula is C21H22N4O3S. The first kappa shape index (κ1) is 19.3. The zero-order valence-electron chi connectivity index (χ0n) is 15.9. The molecule has 0 atom stereocenters. The number of aromatic nitrogens is 2. The van der Waals surface area contributed by atoms with Crippen LogP contribution in [-0.4, -0.2) is 27.5 Å². The number of carbonyl (C=O) groups is 2. The van der Waals surface area contributed by atoms with E-state index in [4.69, 9.17) is 0 Å². The number of nitrogens with one attached hydrogen (secondary N) is 2. The molecule has 3 amide bonds. The fourth-order valence-corrected chi connectivity index (χ4v) is 4.66. The van der Waals surface area contributed by atoms with Gasteiger partial charge in [0.25, 0.3) is 5.56 Å². The van der Waals surface area contributed by atoms with Gasteiger partial charge in [-0.1, -0.05) is 49.6 Å². The van der Waals surface area contributed by atoms with Gasteiger partial charge in [0.1, 0.15) is 11.2 Å². The van der Waals surface area contributed by atoms with E-state index in [-0.39, 0.29) is 18.1 Å². The Morgan fingerprint density at radius 3 is 2.66 bits per heavy atom. The van der Waals surface area contributed by atoms with E-state index in [1.165, 1.54) is 28.7 Å². The lowest BCUT2D eigenvalue weighted by Crippen LogP contribution is -2.46. The molecule has 2 N–H and O–H groups in total. The molecule has 0 bridgehead atoms. The number of rotatable bonds is 4. The van der Waals surface area contributed by atoms with Gasteiger partial charge >= 0.3 is 6.03 Å². The van der Waals surface area contributed by atoms with Gasteiger partial charge < -0.3 is 5.32 Å². The predicted octanol–water partition coefficient (Wildman–Crippen LogP) is 3.28.